The molecule has 1 heterocycles. The van der Waals surface area contributed by atoms with Crippen molar-refractivity contribution in [3.8, 4) is 0 Å². The Morgan fingerprint density at radius 3 is 2.50 bits per heavy atom. The monoisotopic (exact) mass is 317 g/mol. The zero-order valence-corrected chi connectivity index (χ0v) is 13.3. The minimum absolute atomic E-state index is 0.162. The lowest BCUT2D eigenvalue weighted by Crippen LogP contribution is -2.59. The number of rotatable bonds is 10. The number of hydrogen-bond acceptors (Lipinski definition) is 6. The molecule has 0 aromatic heterocycles. The first-order valence-electron chi connectivity index (χ1n) is 7.90. The highest BCUT2D eigenvalue weighted by atomic mass is 16.6. The topological polar surface area (TPSA) is 117 Å². The number of aliphatic hydroxyl groups is 2. The van der Waals surface area contributed by atoms with Gasteiger partial charge in [0.05, 0.1) is 12.7 Å². The van der Waals surface area contributed by atoms with Gasteiger partial charge in [-0.15, -0.1) is 0 Å². The van der Waals surface area contributed by atoms with Crippen molar-refractivity contribution in [1.82, 2.24) is 0 Å². The van der Waals surface area contributed by atoms with E-state index in [1.54, 1.807) is 0 Å². The number of unbranched alkanes of at least 4 members (excludes halogenated alkanes) is 2. The number of ether oxygens (including phenoxy) is 3. The summed E-state index contributed by atoms with van der Waals surface area (Å²) in [5, 5.41) is 23.9. The summed E-state index contributed by atoms with van der Waals surface area (Å²) >= 11 is 0. The van der Waals surface area contributed by atoms with Crippen LogP contribution in [0.15, 0.2) is 5.11 Å². The van der Waals surface area contributed by atoms with Crippen LogP contribution in [0, 0.1) is 0 Å². The summed E-state index contributed by atoms with van der Waals surface area (Å²) in [5.74, 6) is 0. The van der Waals surface area contributed by atoms with Gasteiger partial charge in [-0.25, -0.2) is 0 Å². The van der Waals surface area contributed by atoms with Crippen LogP contribution in [0.4, 0.5) is 0 Å². The molecule has 0 saturated carbocycles. The van der Waals surface area contributed by atoms with Gasteiger partial charge in [0.2, 0.25) is 0 Å². The van der Waals surface area contributed by atoms with E-state index in [-0.39, 0.29) is 6.61 Å². The largest absolute Gasteiger partial charge is 0.388 e. The van der Waals surface area contributed by atoms with E-state index in [2.05, 4.69) is 16.9 Å². The van der Waals surface area contributed by atoms with Crippen LogP contribution < -0.4 is 0 Å². The van der Waals surface area contributed by atoms with Gasteiger partial charge in [0.25, 0.3) is 0 Å². The SMILES string of the molecule is CCCCOCC1OC(O)C(N=[N+]=[N-])C(OCCCC)C1O. The van der Waals surface area contributed by atoms with Crippen molar-refractivity contribution in [2.75, 3.05) is 19.8 Å². The van der Waals surface area contributed by atoms with E-state index in [1.807, 2.05) is 6.92 Å². The lowest BCUT2D eigenvalue weighted by Gasteiger charge is -2.41. The van der Waals surface area contributed by atoms with Crippen LogP contribution in [0.25, 0.3) is 10.4 Å². The molecule has 0 aliphatic carbocycles. The highest BCUT2D eigenvalue weighted by Crippen LogP contribution is 2.25. The van der Waals surface area contributed by atoms with Crippen molar-refractivity contribution in [2.24, 2.45) is 5.11 Å². The van der Waals surface area contributed by atoms with E-state index in [1.165, 1.54) is 0 Å². The average molecular weight is 317 g/mol. The molecule has 0 radical (unpaired) electrons. The van der Waals surface area contributed by atoms with E-state index in [4.69, 9.17) is 19.7 Å². The predicted molar refractivity (Wildman–Crippen MR) is 80.2 cm³/mol. The molecular formula is C14H27N3O5. The van der Waals surface area contributed by atoms with Crippen molar-refractivity contribution >= 4 is 0 Å². The third-order valence-electron chi connectivity index (χ3n) is 3.58. The minimum atomic E-state index is -1.31. The minimum Gasteiger partial charge on any atom is -0.388 e. The molecule has 0 spiro atoms. The summed E-state index contributed by atoms with van der Waals surface area (Å²) in [5.41, 5.74) is 8.61. The zero-order chi connectivity index (χ0) is 16.4. The van der Waals surface area contributed by atoms with Gasteiger partial charge in [-0.1, -0.05) is 31.8 Å². The molecule has 8 heteroatoms. The summed E-state index contributed by atoms with van der Waals surface area (Å²) < 4.78 is 16.4. The maximum atomic E-state index is 10.4. The summed E-state index contributed by atoms with van der Waals surface area (Å²) in [7, 11) is 0. The van der Waals surface area contributed by atoms with Crippen LogP contribution in [-0.4, -0.2) is 60.7 Å². The van der Waals surface area contributed by atoms with E-state index in [0.29, 0.717) is 13.2 Å². The molecule has 5 atom stereocenters. The van der Waals surface area contributed by atoms with Crippen molar-refractivity contribution in [1.29, 1.82) is 0 Å². The van der Waals surface area contributed by atoms with Gasteiger partial charge >= 0.3 is 0 Å². The molecular weight excluding hydrogens is 290 g/mol. The molecule has 1 aliphatic heterocycles. The summed E-state index contributed by atoms with van der Waals surface area (Å²) in [4.78, 5) is 2.70. The molecule has 1 rings (SSSR count). The van der Waals surface area contributed by atoms with E-state index < -0.39 is 30.6 Å². The van der Waals surface area contributed by atoms with Gasteiger partial charge in [0, 0.05) is 18.1 Å². The van der Waals surface area contributed by atoms with Crippen LogP contribution in [0.5, 0.6) is 0 Å². The van der Waals surface area contributed by atoms with E-state index >= 15 is 0 Å². The fourth-order valence-electron chi connectivity index (χ4n) is 2.24. The van der Waals surface area contributed by atoms with Crippen LogP contribution in [0.3, 0.4) is 0 Å². The maximum absolute atomic E-state index is 10.4. The molecule has 0 amide bonds. The number of hydrogen-bond donors (Lipinski definition) is 2. The fourth-order valence-corrected chi connectivity index (χ4v) is 2.24. The predicted octanol–water partition coefficient (Wildman–Crippen LogP) is 1.75. The second kappa shape index (κ2) is 10.8. The van der Waals surface area contributed by atoms with Crippen molar-refractivity contribution in [2.45, 2.75) is 70.2 Å². The number of azide groups is 1. The van der Waals surface area contributed by atoms with Gasteiger partial charge in [-0.3, -0.25) is 0 Å². The lowest BCUT2D eigenvalue weighted by atomic mass is 9.97. The lowest BCUT2D eigenvalue weighted by molar-refractivity contribution is -0.259. The molecule has 1 aliphatic rings. The highest BCUT2D eigenvalue weighted by molar-refractivity contribution is 4.94. The smallest absolute Gasteiger partial charge is 0.166 e. The van der Waals surface area contributed by atoms with Crippen LogP contribution >= 0.6 is 0 Å². The third-order valence-corrected chi connectivity index (χ3v) is 3.58. The molecule has 1 fully saturated rings. The Morgan fingerprint density at radius 1 is 1.18 bits per heavy atom. The first-order chi connectivity index (χ1) is 10.7. The van der Waals surface area contributed by atoms with Gasteiger partial charge < -0.3 is 24.4 Å². The molecule has 8 nitrogen and oxygen atoms in total. The first kappa shape index (κ1) is 19.2. The molecule has 0 aromatic carbocycles. The Hall–Kier alpha value is -0.890. The summed E-state index contributed by atoms with van der Waals surface area (Å²) in [6.07, 6.45) is -0.141. The summed E-state index contributed by atoms with van der Waals surface area (Å²) in [6, 6.07) is -0.969. The first-order valence-corrected chi connectivity index (χ1v) is 7.90. The highest BCUT2D eigenvalue weighted by Gasteiger charge is 2.45. The Balaban J connectivity index is 2.65. The average Bonchev–Trinajstić information content (AvgIpc) is 2.51. The van der Waals surface area contributed by atoms with Crippen LogP contribution in [0.2, 0.25) is 0 Å². The standard InChI is InChI=1S/C14H27N3O5/c1-3-5-7-20-9-10-12(18)13(21-8-6-4-2)11(16-17-15)14(19)22-10/h10-14,18-19H,3-9H2,1-2H3. The van der Waals surface area contributed by atoms with Crippen molar-refractivity contribution in [3.63, 3.8) is 0 Å². The summed E-state index contributed by atoms with van der Waals surface area (Å²) in [6.45, 7) is 5.23. The van der Waals surface area contributed by atoms with Crippen molar-refractivity contribution < 1.29 is 24.4 Å². The second-order valence-electron chi connectivity index (χ2n) is 5.37. The zero-order valence-electron chi connectivity index (χ0n) is 13.3. The van der Waals surface area contributed by atoms with Gasteiger partial charge in [-0.2, -0.15) is 0 Å². The third kappa shape index (κ3) is 5.72. The molecule has 2 N–H and O–H groups in total. The Morgan fingerprint density at radius 2 is 1.86 bits per heavy atom. The van der Waals surface area contributed by atoms with Gasteiger partial charge in [0.1, 0.15) is 18.2 Å². The quantitative estimate of drug-likeness (QED) is 0.275. The Labute approximate surface area is 131 Å². The Kier molecular flexibility index (Phi) is 9.38. The normalized spacial score (nSPS) is 31.7. The van der Waals surface area contributed by atoms with Crippen LogP contribution in [-0.2, 0) is 14.2 Å². The molecule has 0 aromatic rings. The van der Waals surface area contributed by atoms with E-state index in [9.17, 15) is 10.2 Å². The number of nitrogens with zero attached hydrogens (tertiary/aromatic N) is 3. The van der Waals surface area contributed by atoms with Crippen molar-refractivity contribution in [3.05, 3.63) is 10.4 Å². The molecule has 22 heavy (non-hydrogen) atoms. The number of aliphatic hydroxyl groups excluding tert-OH is 2. The fraction of sp³-hybridized carbons (Fsp3) is 1.00. The maximum Gasteiger partial charge on any atom is 0.166 e. The molecule has 128 valence electrons. The Bertz CT molecular complexity index is 351. The molecule has 0 bridgehead atoms. The van der Waals surface area contributed by atoms with Gasteiger partial charge in [-0.05, 0) is 18.4 Å². The molecule has 1 saturated heterocycles. The molecule has 5 unspecified atom stereocenters. The second-order valence-corrected chi connectivity index (χ2v) is 5.37. The van der Waals surface area contributed by atoms with Gasteiger partial charge in [0.15, 0.2) is 6.29 Å². The van der Waals surface area contributed by atoms with E-state index in [0.717, 1.165) is 25.7 Å². The van der Waals surface area contributed by atoms with Crippen LogP contribution in [0.1, 0.15) is 39.5 Å².